The molecule has 0 spiro atoms. The molecule has 3 aromatic rings. The number of fused-ring (bicyclic) bond motifs is 1. The summed E-state index contributed by atoms with van der Waals surface area (Å²) in [5.74, 6) is -0.257. The van der Waals surface area contributed by atoms with E-state index in [1.165, 1.54) is 4.57 Å². The fourth-order valence-corrected chi connectivity index (χ4v) is 3.74. The smallest absolute Gasteiger partial charge is 0.330 e. The number of nitrogens with one attached hydrogen (secondary N) is 1. The first-order valence-corrected chi connectivity index (χ1v) is 11.2. The molecule has 8 nitrogen and oxygen atoms in total. The van der Waals surface area contributed by atoms with E-state index in [0.29, 0.717) is 17.8 Å². The van der Waals surface area contributed by atoms with E-state index in [0.717, 1.165) is 5.56 Å². The Hall–Kier alpha value is -3.99. The topological polar surface area (TPSA) is 112 Å². The molecule has 1 amide bonds. The third kappa shape index (κ3) is 5.15. The van der Waals surface area contributed by atoms with E-state index in [2.05, 4.69) is 22.6 Å². The first-order chi connectivity index (χ1) is 16.2. The van der Waals surface area contributed by atoms with Gasteiger partial charge in [0.05, 0.1) is 22.6 Å². The predicted octanol–water partition coefficient (Wildman–Crippen LogP) is 3.56. The molecule has 0 radical (unpaired) electrons. The lowest BCUT2D eigenvalue weighted by atomic mass is 10.0. The second kappa shape index (κ2) is 10.3. The molecule has 0 atom stereocenters. The molecular formula is C26H29N5O3. The third-order valence-corrected chi connectivity index (χ3v) is 5.43. The molecule has 8 heteroatoms. The van der Waals surface area contributed by atoms with Crippen LogP contribution in [0.1, 0.15) is 60.8 Å². The van der Waals surface area contributed by atoms with Gasteiger partial charge in [-0.1, -0.05) is 45.9 Å². The highest BCUT2D eigenvalue weighted by Crippen LogP contribution is 2.22. The van der Waals surface area contributed by atoms with Crippen LogP contribution in [0, 0.1) is 17.2 Å². The maximum Gasteiger partial charge on any atom is 0.330 e. The van der Waals surface area contributed by atoms with Gasteiger partial charge in [0.15, 0.2) is 5.65 Å². The fraction of sp³-hybridized carbons (Fsp3) is 0.346. The summed E-state index contributed by atoms with van der Waals surface area (Å²) < 4.78 is 1.43. The average molecular weight is 460 g/mol. The Morgan fingerprint density at radius 1 is 1.24 bits per heavy atom. The van der Waals surface area contributed by atoms with Crippen LogP contribution < -0.4 is 11.2 Å². The van der Waals surface area contributed by atoms with Crippen LogP contribution in [0.15, 0.2) is 52.6 Å². The van der Waals surface area contributed by atoms with Crippen LogP contribution in [0.3, 0.4) is 0 Å². The Morgan fingerprint density at radius 2 is 1.91 bits per heavy atom. The van der Waals surface area contributed by atoms with E-state index in [-0.39, 0.29) is 47.4 Å². The molecule has 0 saturated heterocycles. The second-order valence-corrected chi connectivity index (χ2v) is 8.99. The van der Waals surface area contributed by atoms with Crippen LogP contribution >= 0.6 is 0 Å². The molecule has 0 aliphatic heterocycles. The number of hydrogen-bond acceptors (Lipinski definition) is 5. The van der Waals surface area contributed by atoms with Crippen LogP contribution in [0.5, 0.6) is 0 Å². The zero-order chi connectivity index (χ0) is 25.0. The molecule has 3 rings (SSSR count). The van der Waals surface area contributed by atoms with Crippen molar-refractivity contribution in [2.45, 2.75) is 46.7 Å². The summed E-state index contributed by atoms with van der Waals surface area (Å²) >= 11 is 0. The van der Waals surface area contributed by atoms with E-state index in [4.69, 9.17) is 5.26 Å². The molecule has 2 heterocycles. The van der Waals surface area contributed by atoms with Gasteiger partial charge >= 0.3 is 5.69 Å². The molecule has 0 unspecified atom stereocenters. The lowest BCUT2D eigenvalue weighted by Gasteiger charge is -2.23. The molecule has 0 bridgehead atoms. The number of aromatic amines is 1. The Kier molecular flexibility index (Phi) is 7.47. The average Bonchev–Trinajstić information content (AvgIpc) is 2.80. The first kappa shape index (κ1) is 24.6. The molecule has 0 aliphatic rings. The lowest BCUT2D eigenvalue weighted by Crippen LogP contribution is -2.36. The van der Waals surface area contributed by atoms with E-state index in [9.17, 15) is 14.4 Å². The van der Waals surface area contributed by atoms with Crippen LogP contribution in [-0.2, 0) is 13.1 Å². The number of carbonyl (C=O) groups is 1. The van der Waals surface area contributed by atoms with Crippen LogP contribution in [-0.4, -0.2) is 31.9 Å². The van der Waals surface area contributed by atoms with Gasteiger partial charge in [-0.3, -0.25) is 19.1 Å². The number of carbonyl (C=O) groups excluding carboxylic acids is 1. The number of hydrogen-bond donors (Lipinski definition) is 1. The van der Waals surface area contributed by atoms with Crippen LogP contribution in [0.4, 0.5) is 0 Å². The molecule has 2 aromatic heterocycles. The van der Waals surface area contributed by atoms with Crippen molar-refractivity contribution in [3.63, 3.8) is 0 Å². The van der Waals surface area contributed by atoms with Crippen LogP contribution in [0.25, 0.3) is 11.0 Å². The Bertz CT molecular complexity index is 1380. The molecule has 1 aromatic carbocycles. The second-order valence-electron chi connectivity index (χ2n) is 8.99. The van der Waals surface area contributed by atoms with E-state index in [1.807, 2.05) is 27.7 Å². The SMILES string of the molecule is C=CCN(Cc1ccc(C#N)cc1)C(=O)c1cc(C(C)C)nc2c1c(=O)[nH]c(=O)n2CC(C)C. The van der Waals surface area contributed by atoms with Gasteiger partial charge in [-0.05, 0) is 35.6 Å². The number of H-pyrrole nitrogens is 1. The lowest BCUT2D eigenvalue weighted by molar-refractivity contribution is 0.0764. The van der Waals surface area contributed by atoms with Crippen molar-refractivity contribution in [2.75, 3.05) is 6.54 Å². The molecule has 176 valence electrons. The molecule has 0 saturated carbocycles. The maximum absolute atomic E-state index is 13.8. The monoisotopic (exact) mass is 459 g/mol. The fourth-order valence-electron chi connectivity index (χ4n) is 3.74. The first-order valence-electron chi connectivity index (χ1n) is 11.2. The predicted molar refractivity (Wildman–Crippen MR) is 132 cm³/mol. The highest BCUT2D eigenvalue weighted by molar-refractivity contribution is 6.05. The van der Waals surface area contributed by atoms with Crippen LogP contribution in [0.2, 0.25) is 0 Å². The van der Waals surface area contributed by atoms with Crippen molar-refractivity contribution in [1.29, 1.82) is 5.26 Å². The zero-order valence-corrected chi connectivity index (χ0v) is 20.0. The van der Waals surface area contributed by atoms with Gasteiger partial charge in [-0.25, -0.2) is 9.78 Å². The highest BCUT2D eigenvalue weighted by Gasteiger charge is 2.24. The Morgan fingerprint density at radius 3 is 2.47 bits per heavy atom. The van der Waals surface area contributed by atoms with Crippen molar-refractivity contribution >= 4 is 16.9 Å². The highest BCUT2D eigenvalue weighted by atomic mass is 16.2. The van der Waals surface area contributed by atoms with Crippen molar-refractivity contribution in [3.8, 4) is 6.07 Å². The summed E-state index contributed by atoms with van der Waals surface area (Å²) in [4.78, 5) is 47.9. The standard InChI is InChI=1S/C26H29N5O3/c1-6-11-30(15-19-9-7-18(13-27)8-10-19)25(33)20-12-21(17(4)5)28-23-22(20)24(32)29-26(34)31(23)14-16(2)3/h6-10,12,16-17H,1,11,14-15H2,2-5H3,(H,29,32,34). The van der Waals surface area contributed by atoms with Crippen molar-refractivity contribution in [1.82, 2.24) is 19.4 Å². The van der Waals surface area contributed by atoms with Crippen molar-refractivity contribution < 1.29 is 4.79 Å². The number of amides is 1. The van der Waals surface area contributed by atoms with Gasteiger partial charge in [0, 0.05) is 25.3 Å². The summed E-state index contributed by atoms with van der Waals surface area (Å²) in [6, 6.07) is 10.7. The number of nitriles is 1. The molecule has 0 aliphatic carbocycles. The number of benzene rings is 1. The van der Waals surface area contributed by atoms with Gasteiger partial charge in [0.1, 0.15) is 0 Å². The van der Waals surface area contributed by atoms with E-state index in [1.54, 1.807) is 41.3 Å². The van der Waals surface area contributed by atoms with E-state index < -0.39 is 11.2 Å². The summed E-state index contributed by atoms with van der Waals surface area (Å²) in [6.07, 6.45) is 1.62. The summed E-state index contributed by atoms with van der Waals surface area (Å²) in [5.41, 5.74) is 1.22. The largest absolute Gasteiger partial charge is 0.331 e. The quantitative estimate of drug-likeness (QED) is 0.518. The number of pyridine rings is 1. The van der Waals surface area contributed by atoms with Gasteiger partial charge in [0.25, 0.3) is 11.5 Å². The number of aromatic nitrogens is 3. The minimum atomic E-state index is -0.636. The summed E-state index contributed by atoms with van der Waals surface area (Å²) in [7, 11) is 0. The van der Waals surface area contributed by atoms with Gasteiger partial charge in [-0.2, -0.15) is 5.26 Å². The minimum absolute atomic E-state index is 0.0239. The van der Waals surface area contributed by atoms with Gasteiger partial charge < -0.3 is 4.90 Å². The summed E-state index contributed by atoms with van der Waals surface area (Å²) in [6.45, 7) is 12.5. The van der Waals surface area contributed by atoms with Crippen molar-refractivity contribution in [2.24, 2.45) is 5.92 Å². The maximum atomic E-state index is 13.8. The normalized spacial score (nSPS) is 11.1. The zero-order valence-electron chi connectivity index (χ0n) is 20.0. The Labute approximate surface area is 198 Å². The molecule has 34 heavy (non-hydrogen) atoms. The summed E-state index contributed by atoms with van der Waals surface area (Å²) in [5, 5.41) is 9.14. The van der Waals surface area contributed by atoms with Gasteiger partial charge in [-0.15, -0.1) is 6.58 Å². The molecule has 1 N–H and O–H groups in total. The van der Waals surface area contributed by atoms with Gasteiger partial charge in [0.2, 0.25) is 0 Å². The van der Waals surface area contributed by atoms with E-state index >= 15 is 0 Å². The molecular weight excluding hydrogens is 430 g/mol. The minimum Gasteiger partial charge on any atom is -0.331 e. The Balaban J connectivity index is 2.21. The number of nitrogens with zero attached hydrogens (tertiary/aromatic N) is 4. The number of rotatable bonds is 8. The third-order valence-electron chi connectivity index (χ3n) is 5.43. The van der Waals surface area contributed by atoms with Crippen molar-refractivity contribution in [3.05, 3.63) is 86.2 Å². The molecule has 0 fully saturated rings.